The van der Waals surface area contributed by atoms with Crippen molar-refractivity contribution in [1.29, 1.82) is 0 Å². The molecular weight excluding hydrogens is 336 g/mol. The Hall–Kier alpha value is -2.65. The molecule has 3 aromatic heterocycles. The molecule has 114 valence electrons. The van der Waals surface area contributed by atoms with Gasteiger partial charge in [0.05, 0.1) is 16.3 Å². The molecule has 0 radical (unpaired) electrons. The third kappa shape index (κ3) is 2.49. The second-order valence-electron chi connectivity index (χ2n) is 4.52. The lowest BCUT2D eigenvalue weighted by atomic mass is 10.3. The minimum Gasteiger partial charge on any atom is -0.401 e. The standard InChI is InChI=1S/C14H8N4O3S2/c19-18(20)12-6-5-9(21-12)7-8-22-13-15-16-14-17(13)10-3-1-2-4-11(10)23-14/h1-8H/b8-7+. The van der Waals surface area contributed by atoms with Crippen LogP contribution in [0, 0.1) is 10.1 Å². The van der Waals surface area contributed by atoms with Crippen LogP contribution in [0.1, 0.15) is 5.76 Å². The van der Waals surface area contributed by atoms with Gasteiger partial charge in [0.15, 0.2) is 0 Å². The molecule has 1 aromatic carbocycles. The average Bonchev–Trinajstić information content (AvgIpc) is 3.23. The van der Waals surface area contributed by atoms with Gasteiger partial charge in [0.25, 0.3) is 0 Å². The van der Waals surface area contributed by atoms with Crippen molar-refractivity contribution in [1.82, 2.24) is 14.6 Å². The monoisotopic (exact) mass is 344 g/mol. The van der Waals surface area contributed by atoms with E-state index in [0.29, 0.717) is 5.76 Å². The summed E-state index contributed by atoms with van der Waals surface area (Å²) in [5, 5.41) is 21.4. The predicted molar refractivity (Wildman–Crippen MR) is 88.6 cm³/mol. The van der Waals surface area contributed by atoms with Gasteiger partial charge in [0, 0.05) is 0 Å². The van der Waals surface area contributed by atoms with Crippen LogP contribution in [0.2, 0.25) is 0 Å². The maximum Gasteiger partial charge on any atom is 0.433 e. The zero-order valence-corrected chi connectivity index (χ0v) is 13.1. The van der Waals surface area contributed by atoms with Gasteiger partial charge in [-0.3, -0.25) is 14.5 Å². The van der Waals surface area contributed by atoms with Crippen LogP contribution in [0.15, 0.2) is 51.4 Å². The minimum atomic E-state index is -0.565. The quantitative estimate of drug-likeness (QED) is 0.313. The third-order valence-corrected chi connectivity index (χ3v) is 4.87. The number of furan rings is 1. The van der Waals surface area contributed by atoms with Crippen LogP contribution in [-0.2, 0) is 0 Å². The van der Waals surface area contributed by atoms with Gasteiger partial charge in [-0.2, -0.15) is 0 Å². The van der Waals surface area contributed by atoms with Crippen LogP contribution in [0.3, 0.4) is 0 Å². The van der Waals surface area contributed by atoms with E-state index in [1.54, 1.807) is 28.9 Å². The number of fused-ring (bicyclic) bond motifs is 3. The molecular formula is C14H8N4O3S2. The number of para-hydroxylation sites is 1. The summed E-state index contributed by atoms with van der Waals surface area (Å²) in [6.45, 7) is 0. The fraction of sp³-hybridized carbons (Fsp3) is 0. The van der Waals surface area contributed by atoms with Crippen LogP contribution >= 0.6 is 23.1 Å². The van der Waals surface area contributed by atoms with Crippen molar-refractivity contribution in [2.24, 2.45) is 0 Å². The molecule has 4 rings (SSSR count). The zero-order chi connectivity index (χ0) is 15.8. The Bertz CT molecular complexity index is 1050. The van der Waals surface area contributed by atoms with E-state index in [0.717, 1.165) is 20.3 Å². The van der Waals surface area contributed by atoms with Gasteiger partial charge < -0.3 is 4.42 Å². The van der Waals surface area contributed by atoms with E-state index in [9.17, 15) is 10.1 Å². The Balaban J connectivity index is 1.62. The van der Waals surface area contributed by atoms with Gasteiger partial charge >= 0.3 is 5.88 Å². The van der Waals surface area contributed by atoms with Crippen molar-refractivity contribution in [2.45, 2.75) is 5.16 Å². The largest absolute Gasteiger partial charge is 0.433 e. The van der Waals surface area contributed by atoms with Crippen molar-refractivity contribution in [2.75, 3.05) is 0 Å². The molecule has 0 bridgehead atoms. The molecule has 0 fully saturated rings. The molecule has 0 unspecified atom stereocenters. The van der Waals surface area contributed by atoms with Gasteiger partial charge in [-0.25, -0.2) is 0 Å². The van der Waals surface area contributed by atoms with Crippen molar-refractivity contribution in [3.63, 3.8) is 0 Å². The van der Waals surface area contributed by atoms with E-state index in [1.807, 2.05) is 28.7 Å². The summed E-state index contributed by atoms with van der Waals surface area (Å²) in [7, 11) is 0. The number of hydrogen-bond acceptors (Lipinski definition) is 7. The average molecular weight is 344 g/mol. The van der Waals surface area contributed by atoms with E-state index in [-0.39, 0.29) is 5.88 Å². The lowest BCUT2D eigenvalue weighted by Crippen LogP contribution is -1.83. The maximum absolute atomic E-state index is 10.6. The SMILES string of the molecule is O=[N+]([O-])c1ccc(/C=C/Sc2nnc3sc4ccccc4n23)o1. The molecule has 0 aliphatic heterocycles. The summed E-state index contributed by atoms with van der Waals surface area (Å²) in [5.41, 5.74) is 1.06. The maximum atomic E-state index is 10.6. The number of nitro groups is 1. The fourth-order valence-electron chi connectivity index (χ4n) is 2.12. The zero-order valence-electron chi connectivity index (χ0n) is 11.4. The number of thiazole rings is 1. The number of aromatic nitrogens is 3. The summed E-state index contributed by atoms with van der Waals surface area (Å²) in [6, 6.07) is 10.9. The van der Waals surface area contributed by atoms with Crippen LogP contribution in [0.5, 0.6) is 0 Å². The van der Waals surface area contributed by atoms with Gasteiger partial charge in [0.1, 0.15) is 10.7 Å². The molecule has 0 amide bonds. The summed E-state index contributed by atoms with van der Waals surface area (Å²) < 4.78 is 8.20. The van der Waals surface area contributed by atoms with Crippen LogP contribution in [0.25, 0.3) is 21.3 Å². The molecule has 4 aromatic rings. The molecule has 7 nitrogen and oxygen atoms in total. The molecule has 3 heterocycles. The highest BCUT2D eigenvalue weighted by molar-refractivity contribution is 8.02. The molecule has 0 aliphatic carbocycles. The smallest absolute Gasteiger partial charge is 0.401 e. The van der Waals surface area contributed by atoms with Crippen LogP contribution < -0.4 is 0 Å². The van der Waals surface area contributed by atoms with E-state index in [2.05, 4.69) is 10.2 Å². The first-order valence-corrected chi connectivity index (χ1v) is 8.22. The number of nitrogens with zero attached hydrogens (tertiary/aromatic N) is 4. The second-order valence-corrected chi connectivity index (χ2v) is 6.41. The highest BCUT2D eigenvalue weighted by atomic mass is 32.2. The van der Waals surface area contributed by atoms with Crippen LogP contribution in [-0.4, -0.2) is 19.5 Å². The van der Waals surface area contributed by atoms with Gasteiger partial charge in [0.2, 0.25) is 10.1 Å². The molecule has 0 atom stereocenters. The summed E-state index contributed by atoms with van der Waals surface area (Å²) in [6.07, 6.45) is 1.66. The van der Waals surface area contributed by atoms with Gasteiger partial charge in [-0.1, -0.05) is 35.2 Å². The Kier molecular flexibility index (Phi) is 3.36. The minimum absolute atomic E-state index is 0.275. The van der Waals surface area contributed by atoms with Gasteiger partial charge in [-0.15, -0.1) is 10.2 Å². The Morgan fingerprint density at radius 2 is 2.13 bits per heavy atom. The lowest BCUT2D eigenvalue weighted by molar-refractivity contribution is -0.402. The first-order chi connectivity index (χ1) is 11.2. The van der Waals surface area contributed by atoms with E-state index in [4.69, 9.17) is 4.42 Å². The highest BCUT2D eigenvalue weighted by Gasteiger charge is 2.12. The van der Waals surface area contributed by atoms with Gasteiger partial charge in [-0.05, 0) is 29.7 Å². The number of rotatable bonds is 4. The summed E-state index contributed by atoms with van der Waals surface area (Å²) in [5.74, 6) is 0.142. The Labute approximate surface area is 137 Å². The number of thioether (sulfide) groups is 1. The van der Waals surface area contributed by atoms with E-state index >= 15 is 0 Å². The highest BCUT2D eigenvalue weighted by Crippen LogP contribution is 2.30. The van der Waals surface area contributed by atoms with Crippen molar-refractivity contribution in [3.8, 4) is 0 Å². The topological polar surface area (TPSA) is 86.5 Å². The fourth-order valence-corrected chi connectivity index (χ4v) is 3.85. The molecule has 0 N–H and O–H groups in total. The molecule has 0 aliphatic rings. The number of benzene rings is 1. The van der Waals surface area contributed by atoms with Crippen LogP contribution in [0.4, 0.5) is 5.88 Å². The third-order valence-electron chi connectivity index (χ3n) is 3.11. The Morgan fingerprint density at radius 3 is 2.96 bits per heavy atom. The molecule has 0 saturated carbocycles. The molecule has 0 saturated heterocycles. The number of hydrogen-bond donors (Lipinski definition) is 0. The molecule has 23 heavy (non-hydrogen) atoms. The first-order valence-electron chi connectivity index (χ1n) is 6.52. The summed E-state index contributed by atoms with van der Waals surface area (Å²) >= 11 is 2.95. The molecule has 0 spiro atoms. The van der Waals surface area contributed by atoms with E-state index < -0.39 is 4.92 Å². The second kappa shape index (κ2) is 5.52. The normalized spacial score (nSPS) is 11.8. The van der Waals surface area contributed by atoms with Crippen molar-refractivity contribution in [3.05, 3.63) is 57.7 Å². The lowest BCUT2D eigenvalue weighted by Gasteiger charge is -1.94. The van der Waals surface area contributed by atoms with Crippen molar-refractivity contribution < 1.29 is 9.34 Å². The summed E-state index contributed by atoms with van der Waals surface area (Å²) in [4.78, 5) is 10.8. The van der Waals surface area contributed by atoms with Crippen molar-refractivity contribution >= 4 is 50.2 Å². The first kappa shape index (κ1) is 14.0. The predicted octanol–water partition coefficient (Wildman–Crippen LogP) is 4.21. The Morgan fingerprint density at radius 1 is 1.26 bits per heavy atom. The molecule has 9 heteroatoms. The van der Waals surface area contributed by atoms with E-state index in [1.165, 1.54) is 17.8 Å².